The molecule has 2 heterocycles. The number of carboxylic acid groups (broad SMARTS) is 1. The summed E-state index contributed by atoms with van der Waals surface area (Å²) in [5, 5.41) is 21.6. The van der Waals surface area contributed by atoms with Crippen LogP contribution in [0.1, 0.15) is 90.4 Å². The van der Waals surface area contributed by atoms with E-state index in [0.29, 0.717) is 86.4 Å². The van der Waals surface area contributed by atoms with Crippen molar-refractivity contribution in [3.8, 4) is 22.3 Å². The van der Waals surface area contributed by atoms with Gasteiger partial charge in [-0.15, -0.1) is 0 Å². The number of benzene rings is 7. The number of nitrogens with one attached hydrogen (secondary N) is 4. The fourth-order valence-electron chi connectivity index (χ4n) is 8.43. The van der Waals surface area contributed by atoms with Crippen molar-refractivity contribution in [2.24, 2.45) is 0 Å². The molecule has 1 atom stereocenters. The number of rotatable bonds is 15. The number of fused-ring (bicyclic) bond motifs is 2. The van der Waals surface area contributed by atoms with Crippen molar-refractivity contribution in [3.63, 3.8) is 0 Å². The van der Waals surface area contributed by atoms with Crippen molar-refractivity contribution in [1.29, 1.82) is 0 Å². The summed E-state index contributed by atoms with van der Waals surface area (Å²) in [6.45, 7) is 2.60. The summed E-state index contributed by atoms with van der Waals surface area (Å²) in [4.78, 5) is 72.2. The minimum Gasteiger partial charge on any atom is -0.478 e. The molecule has 4 amide bonds. The Balaban J connectivity index is 0.000000240. The van der Waals surface area contributed by atoms with E-state index in [4.69, 9.17) is 5.11 Å². The third kappa shape index (κ3) is 16.8. The van der Waals surface area contributed by atoms with E-state index in [1.807, 2.05) is 6.07 Å². The summed E-state index contributed by atoms with van der Waals surface area (Å²) in [5.74, 6) is -2.74. The summed E-state index contributed by atoms with van der Waals surface area (Å²) in [6, 6.07) is 43.7. The predicted octanol–water partition coefficient (Wildman–Crippen LogP) is 12.6. The zero-order chi connectivity index (χ0) is 59.0. The van der Waals surface area contributed by atoms with E-state index in [-0.39, 0.29) is 22.6 Å². The predicted molar refractivity (Wildman–Crippen MR) is 317 cm³/mol. The number of carboxylic acids is 1. The molecule has 12 nitrogen and oxygen atoms in total. The van der Waals surface area contributed by atoms with Gasteiger partial charge in [0.2, 0.25) is 5.91 Å². The molecule has 7 aromatic carbocycles. The van der Waals surface area contributed by atoms with Gasteiger partial charge in [0, 0.05) is 52.2 Å². The van der Waals surface area contributed by atoms with Gasteiger partial charge in [0.25, 0.3) is 17.7 Å². The van der Waals surface area contributed by atoms with Crippen LogP contribution in [0.4, 0.5) is 37.7 Å². The Kier molecular flexibility index (Phi) is 21.9. The molecular weight excluding hydrogens is 1410 g/mol. The Bertz CT molecular complexity index is 3720. The molecule has 0 saturated heterocycles. The summed E-state index contributed by atoms with van der Waals surface area (Å²) in [7, 11) is 0. The third-order valence-electron chi connectivity index (χ3n) is 12.5. The zero-order valence-corrected chi connectivity index (χ0v) is 49.6. The Morgan fingerprint density at radius 3 is 1.44 bits per heavy atom. The number of nitrogens with zero attached hydrogens (tertiary/aromatic N) is 2. The second kappa shape index (κ2) is 28.9. The first-order valence-electron chi connectivity index (χ1n) is 25.0. The van der Waals surface area contributed by atoms with Gasteiger partial charge in [0.05, 0.1) is 33.3 Å². The third-order valence-corrected chi connectivity index (χ3v) is 12.5. The summed E-state index contributed by atoms with van der Waals surface area (Å²) in [5.41, 5.74) is 3.85. The SMILES string of the molecule is CCCCCNC(=O)[C@@H](NC(=O)c1cnc2cc(NC(=O)c3ccccc3-c3ccc(C(F)(F)F)cc3)ccc2c1)c1ccccc1.I[I-]I.O=C(O)c1cnc2cc(NC(=O)c3ccccc3-c3ccc(C(F)(F)F)cc3)ccc2c1. The van der Waals surface area contributed by atoms with Gasteiger partial charge in [-0.05, 0) is 107 Å². The summed E-state index contributed by atoms with van der Waals surface area (Å²) < 4.78 is 77.7. The van der Waals surface area contributed by atoms with E-state index in [9.17, 15) is 50.3 Å². The number of amides is 4. The zero-order valence-electron chi connectivity index (χ0n) is 43.1. The van der Waals surface area contributed by atoms with Gasteiger partial charge in [-0.3, -0.25) is 29.1 Å². The molecule has 0 aliphatic rings. The molecular formula is C61H48F6I3N6O6-. The maximum absolute atomic E-state index is 13.3. The molecule has 0 aliphatic carbocycles. The number of hydrogen-bond donors (Lipinski definition) is 5. The molecule has 0 unspecified atom stereocenters. The number of alkyl halides is 6. The molecule has 5 N–H and O–H groups in total. The number of halogens is 9. The Morgan fingerprint density at radius 2 is 0.988 bits per heavy atom. The maximum atomic E-state index is 13.3. The number of carbonyl (C=O) groups is 5. The fraction of sp³-hybridized carbons (Fsp3) is 0.131. The molecule has 9 rings (SSSR count). The molecule has 0 saturated carbocycles. The van der Waals surface area contributed by atoms with E-state index in [2.05, 4.69) is 75.4 Å². The molecule has 0 bridgehead atoms. The smallest absolute Gasteiger partial charge is 0.416 e. The minimum absolute atomic E-state index is 0.0553. The molecule has 21 heteroatoms. The van der Waals surface area contributed by atoms with Crippen LogP contribution in [0.5, 0.6) is 0 Å². The molecule has 422 valence electrons. The molecule has 0 fully saturated rings. The van der Waals surface area contributed by atoms with Gasteiger partial charge in [0.15, 0.2) is 0 Å². The van der Waals surface area contributed by atoms with E-state index < -0.39 is 53.2 Å². The second-order valence-electron chi connectivity index (χ2n) is 18.1. The van der Waals surface area contributed by atoms with Crippen molar-refractivity contribution < 1.29 is 68.7 Å². The molecule has 0 aliphatic heterocycles. The van der Waals surface area contributed by atoms with Crippen LogP contribution in [0, 0.1) is 0 Å². The van der Waals surface area contributed by atoms with E-state index in [1.165, 1.54) is 42.7 Å². The number of aromatic nitrogens is 2. The summed E-state index contributed by atoms with van der Waals surface area (Å²) >= 11 is 5.30. The van der Waals surface area contributed by atoms with Crippen LogP contribution < -0.4 is 34.5 Å². The average molecular weight is 1460 g/mol. The fourth-order valence-corrected chi connectivity index (χ4v) is 8.43. The number of aromatic carboxylic acids is 1. The maximum Gasteiger partial charge on any atom is 0.416 e. The van der Waals surface area contributed by atoms with Crippen LogP contribution >= 0.6 is 37.2 Å². The minimum atomic E-state index is -4.46. The van der Waals surface area contributed by atoms with E-state index in [0.717, 1.165) is 43.5 Å². The Morgan fingerprint density at radius 1 is 0.549 bits per heavy atom. The average Bonchev–Trinajstić information content (AvgIpc) is 3.68. The largest absolute Gasteiger partial charge is 0.478 e. The van der Waals surface area contributed by atoms with Crippen LogP contribution in [0.25, 0.3) is 44.1 Å². The van der Waals surface area contributed by atoms with Crippen LogP contribution in [0.3, 0.4) is 0 Å². The van der Waals surface area contributed by atoms with Crippen LogP contribution in [-0.2, 0) is 17.1 Å². The summed E-state index contributed by atoms with van der Waals surface area (Å²) in [6.07, 6.45) is -3.39. The number of hydrogen-bond acceptors (Lipinski definition) is 7. The molecule has 0 spiro atoms. The number of carbonyl (C=O) groups excluding carboxylic acids is 4. The molecule has 9 aromatic rings. The van der Waals surface area contributed by atoms with Gasteiger partial charge in [-0.2, -0.15) is 26.3 Å². The topological polar surface area (TPSA) is 179 Å². The monoisotopic (exact) mass is 1460 g/mol. The van der Waals surface area contributed by atoms with Crippen molar-refractivity contribution in [3.05, 3.63) is 227 Å². The van der Waals surface area contributed by atoms with Crippen LogP contribution in [0.15, 0.2) is 188 Å². The number of anilines is 2. The van der Waals surface area contributed by atoms with Crippen molar-refractivity contribution >= 4 is 100 Å². The van der Waals surface area contributed by atoms with Crippen LogP contribution in [0.2, 0.25) is 0 Å². The molecule has 82 heavy (non-hydrogen) atoms. The van der Waals surface area contributed by atoms with E-state index in [1.54, 1.807) is 115 Å². The van der Waals surface area contributed by atoms with Gasteiger partial charge in [0.1, 0.15) is 6.04 Å². The van der Waals surface area contributed by atoms with E-state index >= 15 is 0 Å². The first-order valence-corrected chi connectivity index (χ1v) is 37.5. The van der Waals surface area contributed by atoms with Gasteiger partial charge in [-0.25, -0.2) is 4.79 Å². The Hall–Kier alpha value is -7.52. The quantitative estimate of drug-likeness (QED) is 0.0382. The van der Waals surface area contributed by atoms with Gasteiger partial charge >= 0.3 is 68.8 Å². The van der Waals surface area contributed by atoms with Crippen molar-refractivity contribution in [1.82, 2.24) is 20.6 Å². The van der Waals surface area contributed by atoms with Gasteiger partial charge in [-0.1, -0.05) is 123 Å². The number of pyridine rings is 2. The van der Waals surface area contributed by atoms with Crippen LogP contribution in [-0.4, -0.2) is 51.2 Å². The van der Waals surface area contributed by atoms with Gasteiger partial charge < -0.3 is 26.4 Å². The second-order valence-corrected chi connectivity index (χ2v) is 34.3. The molecule has 0 radical (unpaired) electrons. The Labute approximate surface area is 496 Å². The first-order chi connectivity index (χ1) is 39.3. The standard InChI is InChI=1S/C37H33F3N4O3.C24H15F3N2O3.I3/c1-2-3-9-20-41-36(47)33(25-10-5-4-6-11-25)44-34(45)27-21-26-16-19-29(22-32(26)42-23-27)43-35(46)31-13-8-7-12-30(31)24-14-17-28(18-15-24)37(38,39)40;25-24(26,27)17-8-5-14(6-9-17)19-3-1-2-4-20(19)22(30)29-18-10-7-15-11-16(23(31)32)13-28-21(15)12-18;1-3-2/h4-8,10-19,21-23,33H,2-3,9,20H2,1H3,(H,41,47)(H,43,46)(H,44,45);1-13H,(H,29,30)(H,31,32);/q;;-1/t33-;;/m0../s1. The normalized spacial score (nSPS) is 11.5. The number of unbranched alkanes of at least 4 members (excludes halogenated alkanes) is 2. The molecule has 2 aromatic heterocycles. The van der Waals surface area contributed by atoms with Crippen molar-refractivity contribution in [2.75, 3.05) is 17.2 Å². The first kappa shape index (κ1) is 62.1. The van der Waals surface area contributed by atoms with Crippen molar-refractivity contribution in [2.45, 2.75) is 44.6 Å².